The summed E-state index contributed by atoms with van der Waals surface area (Å²) < 4.78 is 0. The summed E-state index contributed by atoms with van der Waals surface area (Å²) in [6.07, 6.45) is 0. The predicted octanol–water partition coefficient (Wildman–Crippen LogP) is 3.08. The number of aromatic hydroxyl groups is 1. The molecule has 0 heterocycles. The molecule has 1 aromatic rings. The number of rotatable bonds is 0. The van der Waals surface area contributed by atoms with Crippen LogP contribution in [-0.2, 0) is 21.1 Å². The van der Waals surface area contributed by atoms with Crippen molar-refractivity contribution in [1.29, 1.82) is 0 Å². The van der Waals surface area contributed by atoms with Gasteiger partial charge in [-0.15, -0.1) is 49.6 Å². The van der Waals surface area contributed by atoms with E-state index in [-0.39, 0.29) is 70.7 Å². The van der Waals surface area contributed by atoms with Crippen molar-refractivity contribution in [3.05, 3.63) is 30.3 Å². The van der Waals surface area contributed by atoms with Crippen LogP contribution >= 0.6 is 49.6 Å². The molecule has 0 amide bonds. The van der Waals surface area contributed by atoms with E-state index in [4.69, 9.17) is 5.11 Å². The van der Waals surface area contributed by atoms with E-state index in [2.05, 4.69) is 0 Å². The molecule has 0 bridgehead atoms. The number of hydrogen-bond donors (Lipinski definition) is 1. The van der Waals surface area contributed by atoms with Gasteiger partial charge in [0, 0.05) is 21.1 Å². The molecule has 1 nitrogen and oxygen atoms in total. The van der Waals surface area contributed by atoms with Gasteiger partial charge >= 0.3 is 0 Å². The zero-order valence-electron chi connectivity index (χ0n) is 5.88. The quantitative estimate of drug-likeness (QED) is 0.722. The average Bonchev–Trinajstić information content (AvgIpc) is 1.69. The van der Waals surface area contributed by atoms with Crippen LogP contribution < -0.4 is 0 Å². The summed E-state index contributed by atoms with van der Waals surface area (Å²) in [5, 5.41) is 8.63. The second-order valence-corrected chi connectivity index (χ2v) is 1.34. The van der Waals surface area contributed by atoms with E-state index >= 15 is 0 Å². The Hall–Kier alpha value is 0.868. The molecular formula is C6H10Cl4MoO. The van der Waals surface area contributed by atoms with Crippen LogP contribution in [0.4, 0.5) is 0 Å². The number of phenolic OH excluding ortho intramolecular Hbond substituents is 1. The molecule has 0 aliphatic rings. The standard InChI is InChI=1S/C6H6O.4ClH.Mo/c7-6-4-2-1-3-5-6;;;;;/h1-5,7H;4*1H;. The molecule has 0 aliphatic carbocycles. The third-order valence-electron chi connectivity index (χ3n) is 0.756. The zero-order valence-corrected chi connectivity index (χ0v) is 11.1. The largest absolute Gasteiger partial charge is 0.508 e. The Morgan fingerprint density at radius 3 is 1.25 bits per heavy atom. The average molecular weight is 336 g/mol. The van der Waals surface area contributed by atoms with E-state index in [1.165, 1.54) is 0 Å². The number of hydrogen-bond acceptors (Lipinski definition) is 1. The second-order valence-electron chi connectivity index (χ2n) is 1.34. The van der Waals surface area contributed by atoms with Gasteiger partial charge in [0.1, 0.15) is 5.75 Å². The van der Waals surface area contributed by atoms with Crippen LogP contribution in [-0.4, -0.2) is 5.11 Å². The molecule has 0 aromatic heterocycles. The molecular weight excluding hydrogens is 326 g/mol. The van der Waals surface area contributed by atoms with Crippen molar-refractivity contribution >= 4 is 49.6 Å². The van der Waals surface area contributed by atoms with E-state index in [1.54, 1.807) is 24.3 Å². The van der Waals surface area contributed by atoms with E-state index in [0.29, 0.717) is 5.75 Å². The molecule has 0 saturated carbocycles. The van der Waals surface area contributed by atoms with Crippen LogP contribution in [0.2, 0.25) is 0 Å². The maximum Gasteiger partial charge on any atom is 0.115 e. The summed E-state index contributed by atoms with van der Waals surface area (Å²) in [5.41, 5.74) is 0. The third kappa shape index (κ3) is 13.5. The van der Waals surface area contributed by atoms with Crippen molar-refractivity contribution in [3.8, 4) is 5.75 Å². The number of benzene rings is 1. The fourth-order valence-corrected chi connectivity index (χ4v) is 0.428. The van der Waals surface area contributed by atoms with Gasteiger partial charge in [0.15, 0.2) is 0 Å². The molecule has 6 heteroatoms. The van der Waals surface area contributed by atoms with Crippen LogP contribution in [0.3, 0.4) is 0 Å². The summed E-state index contributed by atoms with van der Waals surface area (Å²) in [6.45, 7) is 0. The van der Waals surface area contributed by atoms with Gasteiger partial charge in [-0.25, -0.2) is 0 Å². The molecule has 0 saturated heterocycles. The Morgan fingerprint density at radius 2 is 1.08 bits per heavy atom. The second kappa shape index (κ2) is 17.8. The zero-order chi connectivity index (χ0) is 5.11. The van der Waals surface area contributed by atoms with Gasteiger partial charge in [0.25, 0.3) is 0 Å². The van der Waals surface area contributed by atoms with Crippen LogP contribution in [0.25, 0.3) is 0 Å². The Morgan fingerprint density at radius 1 is 0.750 bits per heavy atom. The van der Waals surface area contributed by atoms with Gasteiger partial charge in [-0.3, -0.25) is 0 Å². The Labute approximate surface area is 111 Å². The predicted molar refractivity (Wildman–Crippen MR) is 57.1 cm³/mol. The van der Waals surface area contributed by atoms with Crippen molar-refractivity contribution < 1.29 is 26.2 Å². The minimum Gasteiger partial charge on any atom is -0.508 e. The molecule has 74 valence electrons. The monoisotopic (exact) mass is 336 g/mol. The van der Waals surface area contributed by atoms with Gasteiger partial charge in [-0.2, -0.15) is 0 Å². The Balaban J connectivity index is -0.0000000327. The number of phenols is 1. The van der Waals surface area contributed by atoms with Crippen LogP contribution in [0, 0.1) is 0 Å². The minimum atomic E-state index is 0. The molecule has 1 N–H and O–H groups in total. The van der Waals surface area contributed by atoms with Crippen LogP contribution in [0.1, 0.15) is 0 Å². The van der Waals surface area contributed by atoms with Gasteiger partial charge in [-0.05, 0) is 12.1 Å². The first-order valence-corrected chi connectivity index (χ1v) is 2.13. The summed E-state index contributed by atoms with van der Waals surface area (Å²) in [6, 6.07) is 8.71. The topological polar surface area (TPSA) is 20.2 Å². The van der Waals surface area contributed by atoms with E-state index < -0.39 is 0 Å². The van der Waals surface area contributed by atoms with Gasteiger partial charge in [-0.1, -0.05) is 18.2 Å². The molecule has 1 rings (SSSR count). The normalized spacial score (nSPS) is 5.00. The van der Waals surface area contributed by atoms with Crippen molar-refractivity contribution in [1.82, 2.24) is 0 Å². The number of para-hydroxylation sites is 1. The Bertz CT molecular complexity index is 149. The minimum absolute atomic E-state index is 0. The SMILES string of the molecule is Cl.Cl.Cl.Cl.Oc1ccccc1.[Mo]. The first-order chi connectivity index (χ1) is 3.39. The van der Waals surface area contributed by atoms with Gasteiger partial charge in [0.2, 0.25) is 0 Å². The molecule has 0 spiro atoms. The molecule has 1 aromatic carbocycles. The van der Waals surface area contributed by atoms with E-state index in [0.717, 1.165) is 0 Å². The van der Waals surface area contributed by atoms with Crippen LogP contribution in [0.5, 0.6) is 5.75 Å². The third-order valence-corrected chi connectivity index (χ3v) is 0.756. The molecule has 0 unspecified atom stereocenters. The van der Waals surface area contributed by atoms with Crippen molar-refractivity contribution in [2.45, 2.75) is 0 Å². The van der Waals surface area contributed by atoms with Crippen molar-refractivity contribution in [3.63, 3.8) is 0 Å². The van der Waals surface area contributed by atoms with E-state index in [1.807, 2.05) is 6.07 Å². The van der Waals surface area contributed by atoms with Crippen molar-refractivity contribution in [2.75, 3.05) is 0 Å². The summed E-state index contributed by atoms with van der Waals surface area (Å²) in [5.74, 6) is 0.322. The molecule has 0 radical (unpaired) electrons. The molecule has 0 fully saturated rings. The first kappa shape index (κ1) is 29.3. The van der Waals surface area contributed by atoms with Crippen molar-refractivity contribution in [2.24, 2.45) is 0 Å². The maximum absolute atomic E-state index is 8.63. The maximum atomic E-state index is 8.63. The summed E-state index contributed by atoms with van der Waals surface area (Å²) in [7, 11) is 0. The number of halogens is 4. The van der Waals surface area contributed by atoms with E-state index in [9.17, 15) is 0 Å². The smallest absolute Gasteiger partial charge is 0.115 e. The van der Waals surface area contributed by atoms with Crippen LogP contribution in [0.15, 0.2) is 30.3 Å². The molecule has 0 atom stereocenters. The van der Waals surface area contributed by atoms with Gasteiger partial charge < -0.3 is 5.11 Å². The fourth-order valence-electron chi connectivity index (χ4n) is 0.428. The summed E-state index contributed by atoms with van der Waals surface area (Å²) >= 11 is 0. The van der Waals surface area contributed by atoms with Gasteiger partial charge in [0.05, 0.1) is 0 Å². The molecule has 0 aliphatic heterocycles. The molecule has 12 heavy (non-hydrogen) atoms. The first-order valence-electron chi connectivity index (χ1n) is 2.13. The Kier molecular flexibility index (Phi) is 43.5. The fraction of sp³-hybridized carbons (Fsp3) is 0. The summed E-state index contributed by atoms with van der Waals surface area (Å²) in [4.78, 5) is 0.